The normalized spacial score (nSPS) is 12.1. The number of nitrogens with one attached hydrogen (secondary N) is 3. The Morgan fingerprint density at radius 3 is 2.15 bits per heavy atom. The second-order valence-corrected chi connectivity index (χ2v) is 11.6. The zero-order valence-corrected chi connectivity index (χ0v) is 26.6. The number of ketones is 1. The first-order valence-electron chi connectivity index (χ1n) is 15.1. The number of benzene rings is 2. The zero-order valence-electron chi connectivity index (χ0n) is 26.6. The number of ether oxygens (including phenoxy) is 2. The third-order valence-corrected chi connectivity index (χ3v) is 6.95. The Balaban J connectivity index is 2.00. The van der Waals surface area contributed by atoms with Gasteiger partial charge in [-0.3, -0.25) is 24.5 Å². The van der Waals surface area contributed by atoms with Crippen molar-refractivity contribution in [2.75, 3.05) is 11.9 Å². The van der Waals surface area contributed by atoms with Crippen LogP contribution in [-0.4, -0.2) is 47.3 Å². The molecule has 0 saturated carbocycles. The van der Waals surface area contributed by atoms with Gasteiger partial charge in [0.1, 0.15) is 12.4 Å². The number of anilines is 1. The summed E-state index contributed by atoms with van der Waals surface area (Å²) in [5, 5.41) is 18.9. The molecule has 2 aromatic rings. The van der Waals surface area contributed by atoms with Gasteiger partial charge in [-0.2, -0.15) is 0 Å². The summed E-state index contributed by atoms with van der Waals surface area (Å²) in [5.41, 5.74) is 6.02. The van der Waals surface area contributed by atoms with Gasteiger partial charge in [-0.1, -0.05) is 39.8 Å². The maximum atomic E-state index is 13.3. The van der Waals surface area contributed by atoms with Crippen molar-refractivity contribution in [2.45, 2.75) is 72.4 Å². The van der Waals surface area contributed by atoms with Gasteiger partial charge >= 0.3 is 12.2 Å². The first-order chi connectivity index (χ1) is 21.7. The van der Waals surface area contributed by atoms with E-state index in [1.807, 2.05) is 27.7 Å². The van der Waals surface area contributed by atoms with Crippen molar-refractivity contribution < 1.29 is 38.4 Å². The summed E-state index contributed by atoms with van der Waals surface area (Å²) in [4.78, 5) is 72.4. The van der Waals surface area contributed by atoms with Crippen molar-refractivity contribution in [3.8, 4) is 5.75 Å². The van der Waals surface area contributed by atoms with Crippen LogP contribution in [0.2, 0.25) is 0 Å². The summed E-state index contributed by atoms with van der Waals surface area (Å²) in [7, 11) is 0. The minimum absolute atomic E-state index is 0.0836. The van der Waals surface area contributed by atoms with Crippen LogP contribution >= 0.6 is 0 Å². The number of amides is 4. The van der Waals surface area contributed by atoms with Crippen molar-refractivity contribution in [3.63, 3.8) is 0 Å². The number of hydrogen-bond donors (Lipinski definition) is 4. The highest BCUT2D eigenvalue weighted by atomic mass is 16.7. The molecule has 0 aromatic heterocycles. The second-order valence-electron chi connectivity index (χ2n) is 11.6. The standard InChI is InChI=1S/C32H43N5O9/c1-20(2)7-16-28(39)36-29(21(3)4)27(38)18-23(6-5-17-34-31(33)41)30(40)35-24-10-8-22(9-11-24)19-45-32(42)46-26-14-12-25(13-15-26)37(43)44/h8-15,20-21,23,29H,5-7,16-19H2,1-4H3,(H,35,40)(H,36,39)(H3,33,34,41)/t23-,29?/m1/s1. The van der Waals surface area contributed by atoms with E-state index in [9.17, 15) is 34.1 Å². The molecule has 14 heteroatoms. The largest absolute Gasteiger partial charge is 0.514 e. The van der Waals surface area contributed by atoms with Gasteiger partial charge in [0.05, 0.1) is 11.0 Å². The zero-order chi connectivity index (χ0) is 34.2. The van der Waals surface area contributed by atoms with Crippen molar-refractivity contribution >= 4 is 41.2 Å². The van der Waals surface area contributed by atoms with E-state index < -0.39 is 35.0 Å². The van der Waals surface area contributed by atoms with Crippen LogP contribution in [0.1, 0.15) is 65.4 Å². The summed E-state index contributed by atoms with van der Waals surface area (Å²) in [5.74, 6) is -1.38. The van der Waals surface area contributed by atoms with Crippen molar-refractivity contribution in [1.82, 2.24) is 10.6 Å². The second kappa shape index (κ2) is 18.7. The van der Waals surface area contributed by atoms with Crippen LogP contribution in [0, 0.1) is 27.9 Å². The summed E-state index contributed by atoms with van der Waals surface area (Å²) in [6, 6.07) is 10.00. The number of rotatable bonds is 18. The maximum absolute atomic E-state index is 13.3. The van der Waals surface area contributed by atoms with Crippen LogP contribution in [0.15, 0.2) is 48.5 Å². The highest BCUT2D eigenvalue weighted by Gasteiger charge is 2.29. The smallest absolute Gasteiger partial charge is 0.429 e. The predicted molar refractivity (Wildman–Crippen MR) is 170 cm³/mol. The molecule has 2 aromatic carbocycles. The molecular formula is C32H43N5O9. The number of nitro benzene ring substituents is 1. The minimum atomic E-state index is -1.000. The van der Waals surface area contributed by atoms with Gasteiger partial charge in [0, 0.05) is 43.1 Å². The fourth-order valence-corrected chi connectivity index (χ4v) is 4.37. The molecule has 0 bridgehead atoms. The summed E-state index contributed by atoms with van der Waals surface area (Å²) < 4.78 is 10.1. The fourth-order valence-electron chi connectivity index (χ4n) is 4.37. The van der Waals surface area contributed by atoms with E-state index in [2.05, 4.69) is 16.0 Å². The number of nitro groups is 1. The number of nitrogens with zero attached hydrogens (tertiary/aromatic N) is 1. The topological polar surface area (TPSA) is 209 Å². The Morgan fingerprint density at radius 2 is 1.59 bits per heavy atom. The number of hydrogen-bond acceptors (Lipinski definition) is 9. The van der Waals surface area contributed by atoms with Crippen molar-refractivity contribution in [2.24, 2.45) is 23.5 Å². The Kier molecular flexibility index (Phi) is 15.1. The first-order valence-corrected chi connectivity index (χ1v) is 15.1. The quantitative estimate of drug-likeness (QED) is 0.0575. The molecular weight excluding hydrogens is 598 g/mol. The molecule has 0 radical (unpaired) electrons. The van der Waals surface area contributed by atoms with E-state index in [1.54, 1.807) is 24.3 Å². The fraction of sp³-hybridized carbons (Fsp3) is 0.469. The lowest BCUT2D eigenvalue weighted by Crippen LogP contribution is -2.45. The van der Waals surface area contributed by atoms with Gasteiger partial charge in [-0.25, -0.2) is 9.59 Å². The summed E-state index contributed by atoms with van der Waals surface area (Å²) in [6.45, 7) is 7.78. The SMILES string of the molecule is CC(C)CCC(=O)NC(C(=O)C[C@@H](CCCNC(N)=O)C(=O)Nc1ccc(COC(=O)Oc2ccc([N+](=O)[O-])cc2)cc1)C(C)C. The molecule has 0 aliphatic heterocycles. The highest BCUT2D eigenvalue weighted by molar-refractivity contribution is 5.97. The number of Topliss-reactive ketones (excluding diaryl/α,β-unsaturated/α-hetero) is 1. The van der Waals surface area contributed by atoms with Gasteiger partial charge in [0.15, 0.2) is 5.78 Å². The molecule has 0 fully saturated rings. The molecule has 4 amide bonds. The molecule has 0 saturated heterocycles. The Morgan fingerprint density at radius 1 is 0.935 bits per heavy atom. The monoisotopic (exact) mass is 641 g/mol. The number of nitrogens with two attached hydrogens (primary N) is 1. The lowest BCUT2D eigenvalue weighted by Gasteiger charge is -2.24. The molecule has 14 nitrogen and oxygen atoms in total. The Labute approximate surface area is 267 Å². The van der Waals surface area contributed by atoms with Gasteiger partial charge in [-0.05, 0) is 60.9 Å². The maximum Gasteiger partial charge on any atom is 0.514 e. The van der Waals surface area contributed by atoms with E-state index in [4.69, 9.17) is 15.2 Å². The average Bonchev–Trinajstić information content (AvgIpc) is 2.99. The van der Waals surface area contributed by atoms with Crippen LogP contribution in [0.5, 0.6) is 5.75 Å². The molecule has 1 unspecified atom stereocenters. The molecule has 0 heterocycles. The van der Waals surface area contributed by atoms with E-state index in [1.165, 1.54) is 24.3 Å². The molecule has 0 aliphatic carbocycles. The predicted octanol–water partition coefficient (Wildman–Crippen LogP) is 4.85. The Hall–Kier alpha value is -5.01. The van der Waals surface area contributed by atoms with Crippen LogP contribution in [0.4, 0.5) is 21.0 Å². The third-order valence-electron chi connectivity index (χ3n) is 6.95. The molecule has 2 rings (SSSR count). The molecule has 2 atom stereocenters. The van der Waals surface area contributed by atoms with Crippen LogP contribution in [-0.2, 0) is 25.7 Å². The summed E-state index contributed by atoms with van der Waals surface area (Å²) in [6.07, 6.45) is 0.568. The van der Waals surface area contributed by atoms with Gasteiger partial charge in [0.25, 0.3) is 5.69 Å². The number of carbonyl (C=O) groups excluding carboxylic acids is 5. The van der Waals surface area contributed by atoms with Gasteiger partial charge in [-0.15, -0.1) is 0 Å². The molecule has 250 valence electrons. The molecule has 0 aliphatic rings. The van der Waals surface area contributed by atoms with Crippen LogP contribution in [0.3, 0.4) is 0 Å². The van der Waals surface area contributed by atoms with Gasteiger partial charge in [0.2, 0.25) is 11.8 Å². The molecule has 5 N–H and O–H groups in total. The Bertz CT molecular complexity index is 1340. The van der Waals surface area contributed by atoms with E-state index in [0.717, 1.165) is 0 Å². The average molecular weight is 642 g/mol. The molecule has 0 spiro atoms. The lowest BCUT2D eigenvalue weighted by atomic mass is 9.89. The van der Waals surface area contributed by atoms with Crippen LogP contribution < -0.4 is 26.4 Å². The van der Waals surface area contributed by atoms with Gasteiger partial charge < -0.3 is 31.2 Å². The van der Waals surface area contributed by atoms with Crippen molar-refractivity contribution in [3.05, 3.63) is 64.2 Å². The number of urea groups is 1. The highest BCUT2D eigenvalue weighted by Crippen LogP contribution is 2.21. The van der Waals surface area contributed by atoms with Crippen molar-refractivity contribution in [1.29, 1.82) is 0 Å². The van der Waals surface area contributed by atoms with Crippen LogP contribution in [0.25, 0.3) is 0 Å². The number of non-ortho nitro benzene ring substituents is 1. The number of primary amides is 1. The van der Waals surface area contributed by atoms with E-state index in [-0.39, 0.29) is 55.0 Å². The summed E-state index contributed by atoms with van der Waals surface area (Å²) >= 11 is 0. The number of carbonyl (C=O) groups is 5. The first kappa shape index (κ1) is 37.2. The third kappa shape index (κ3) is 13.7. The van der Waals surface area contributed by atoms with E-state index in [0.29, 0.717) is 36.4 Å². The molecule has 46 heavy (non-hydrogen) atoms. The van der Waals surface area contributed by atoms with E-state index >= 15 is 0 Å². The lowest BCUT2D eigenvalue weighted by molar-refractivity contribution is -0.384. The minimum Gasteiger partial charge on any atom is -0.429 e.